The Bertz CT molecular complexity index is 556. The number of amides is 1. The molecule has 0 radical (unpaired) electrons. The van der Waals surface area contributed by atoms with Crippen LogP contribution < -0.4 is 10.2 Å². The van der Waals surface area contributed by atoms with Crippen LogP contribution in [0.15, 0.2) is 40.9 Å². The Balaban J connectivity index is 1.90. The number of hydrogen-bond donors (Lipinski definition) is 1. The van der Waals surface area contributed by atoms with Gasteiger partial charge in [-0.2, -0.15) is 0 Å². The molecule has 0 saturated heterocycles. The molecule has 1 N–H and O–H groups in total. The lowest BCUT2D eigenvalue weighted by molar-refractivity contribution is -0.119. The summed E-state index contributed by atoms with van der Waals surface area (Å²) in [6.07, 6.45) is 0. The maximum Gasteiger partial charge on any atom is 0.276 e. The van der Waals surface area contributed by atoms with Crippen molar-refractivity contribution in [3.05, 3.63) is 52.3 Å². The minimum atomic E-state index is -0.190. The summed E-state index contributed by atoms with van der Waals surface area (Å²) in [5.74, 6) is 0.476. The van der Waals surface area contributed by atoms with Crippen molar-refractivity contribution in [2.24, 2.45) is 0 Å². The monoisotopic (exact) mass is 322 g/mol. The molecule has 1 amide bonds. The molecule has 5 heteroatoms. The quantitative estimate of drug-likeness (QED) is 0.940. The van der Waals surface area contributed by atoms with E-state index in [1.165, 1.54) is 0 Å². The van der Waals surface area contributed by atoms with E-state index in [0.29, 0.717) is 5.75 Å². The molecule has 0 bridgehead atoms. The lowest BCUT2D eigenvalue weighted by Gasteiger charge is -2.11. The van der Waals surface area contributed by atoms with Gasteiger partial charge in [-0.3, -0.25) is 14.9 Å². The van der Waals surface area contributed by atoms with Crippen molar-refractivity contribution in [3.8, 4) is 5.75 Å². The molecule has 2 aromatic rings. The van der Waals surface area contributed by atoms with Crippen LogP contribution in [-0.4, -0.2) is 17.2 Å². The summed E-state index contributed by atoms with van der Waals surface area (Å²) in [4.78, 5) is 11.8. The van der Waals surface area contributed by atoms with Gasteiger partial charge in [0.15, 0.2) is 6.61 Å². The number of carbonyl (C=O) groups excluding carboxylic acids is 1. The molecule has 100 valence electrons. The van der Waals surface area contributed by atoms with E-state index in [1.54, 1.807) is 4.68 Å². The Morgan fingerprint density at radius 3 is 2.32 bits per heavy atom. The molecule has 0 atom stereocenters. The van der Waals surface area contributed by atoms with E-state index in [9.17, 15) is 4.79 Å². The lowest BCUT2D eigenvalue weighted by Crippen LogP contribution is -2.29. The van der Waals surface area contributed by atoms with E-state index in [2.05, 4.69) is 21.4 Å². The summed E-state index contributed by atoms with van der Waals surface area (Å²) in [6.45, 7) is 3.85. The van der Waals surface area contributed by atoms with Gasteiger partial charge in [0.25, 0.3) is 5.91 Å². The van der Waals surface area contributed by atoms with E-state index in [-0.39, 0.29) is 12.5 Å². The van der Waals surface area contributed by atoms with E-state index < -0.39 is 0 Å². The molecular formula is C14H15BrN2O2. The SMILES string of the molecule is Cc1ccc(C)n1NC(=O)COc1ccc(Br)cc1. The number of rotatable bonds is 4. The van der Waals surface area contributed by atoms with E-state index in [4.69, 9.17) is 4.74 Å². The predicted octanol–water partition coefficient (Wildman–Crippen LogP) is 3.02. The summed E-state index contributed by atoms with van der Waals surface area (Å²) >= 11 is 3.34. The highest BCUT2D eigenvalue weighted by Gasteiger charge is 2.06. The van der Waals surface area contributed by atoms with Gasteiger partial charge in [0.1, 0.15) is 5.75 Å². The second-order valence-corrected chi connectivity index (χ2v) is 5.14. The number of hydrogen-bond acceptors (Lipinski definition) is 2. The molecule has 0 spiro atoms. The van der Waals surface area contributed by atoms with Crippen molar-refractivity contribution in [2.45, 2.75) is 13.8 Å². The van der Waals surface area contributed by atoms with Crippen molar-refractivity contribution in [3.63, 3.8) is 0 Å². The van der Waals surface area contributed by atoms with Crippen LogP contribution >= 0.6 is 15.9 Å². The first kappa shape index (κ1) is 13.7. The molecule has 4 nitrogen and oxygen atoms in total. The Hall–Kier alpha value is -1.75. The maximum absolute atomic E-state index is 11.8. The van der Waals surface area contributed by atoms with Crippen LogP contribution in [0.25, 0.3) is 0 Å². The standard InChI is InChI=1S/C14H15BrN2O2/c1-10-3-4-11(2)17(10)16-14(18)9-19-13-7-5-12(15)6-8-13/h3-8H,9H2,1-2H3,(H,16,18). The number of benzene rings is 1. The number of nitrogens with one attached hydrogen (secondary N) is 1. The molecule has 0 saturated carbocycles. The highest BCUT2D eigenvalue weighted by Crippen LogP contribution is 2.15. The van der Waals surface area contributed by atoms with E-state index >= 15 is 0 Å². The largest absolute Gasteiger partial charge is 0.484 e. The maximum atomic E-state index is 11.8. The Labute approximate surface area is 120 Å². The molecule has 0 unspecified atom stereocenters. The Morgan fingerprint density at radius 2 is 1.74 bits per heavy atom. The average molecular weight is 323 g/mol. The fourth-order valence-electron chi connectivity index (χ4n) is 1.68. The summed E-state index contributed by atoms with van der Waals surface area (Å²) < 4.78 is 8.12. The fraction of sp³-hybridized carbons (Fsp3) is 0.214. The lowest BCUT2D eigenvalue weighted by atomic mass is 10.3. The van der Waals surface area contributed by atoms with Crippen molar-refractivity contribution in [2.75, 3.05) is 12.0 Å². The van der Waals surface area contributed by atoms with Crippen LogP contribution in [0, 0.1) is 13.8 Å². The number of halogens is 1. The fourth-order valence-corrected chi connectivity index (χ4v) is 1.95. The first-order valence-corrected chi connectivity index (χ1v) is 6.69. The van der Waals surface area contributed by atoms with Crippen LogP contribution in [-0.2, 0) is 4.79 Å². The van der Waals surface area contributed by atoms with Crippen molar-refractivity contribution in [1.29, 1.82) is 0 Å². The van der Waals surface area contributed by atoms with Crippen molar-refractivity contribution < 1.29 is 9.53 Å². The van der Waals surface area contributed by atoms with Gasteiger partial charge < -0.3 is 4.74 Å². The van der Waals surface area contributed by atoms with Gasteiger partial charge in [0.05, 0.1) is 0 Å². The van der Waals surface area contributed by atoms with Crippen LogP contribution in [0.5, 0.6) is 5.75 Å². The average Bonchev–Trinajstić information content (AvgIpc) is 2.70. The zero-order valence-electron chi connectivity index (χ0n) is 10.8. The molecule has 0 aliphatic carbocycles. The molecule has 0 fully saturated rings. The number of aryl methyl sites for hydroxylation is 2. The number of carbonyl (C=O) groups is 1. The van der Waals surface area contributed by atoms with Gasteiger partial charge in [-0.1, -0.05) is 15.9 Å². The normalized spacial score (nSPS) is 10.3. The van der Waals surface area contributed by atoms with Crippen molar-refractivity contribution in [1.82, 2.24) is 4.68 Å². The van der Waals surface area contributed by atoms with E-state index in [1.807, 2.05) is 50.2 Å². The van der Waals surface area contributed by atoms with E-state index in [0.717, 1.165) is 15.9 Å². The minimum absolute atomic E-state index is 0.0152. The Morgan fingerprint density at radius 1 is 1.16 bits per heavy atom. The van der Waals surface area contributed by atoms with Gasteiger partial charge in [-0.15, -0.1) is 0 Å². The first-order chi connectivity index (χ1) is 9.06. The van der Waals surface area contributed by atoms with Gasteiger partial charge in [0, 0.05) is 15.9 Å². The first-order valence-electron chi connectivity index (χ1n) is 5.89. The summed E-state index contributed by atoms with van der Waals surface area (Å²) in [6, 6.07) is 11.3. The third-order valence-corrected chi connectivity index (χ3v) is 3.22. The third kappa shape index (κ3) is 3.61. The van der Waals surface area contributed by atoms with Crippen molar-refractivity contribution >= 4 is 21.8 Å². The highest BCUT2D eigenvalue weighted by molar-refractivity contribution is 9.10. The summed E-state index contributed by atoms with van der Waals surface area (Å²) in [5.41, 5.74) is 4.75. The molecule has 0 aliphatic rings. The predicted molar refractivity (Wildman–Crippen MR) is 77.9 cm³/mol. The van der Waals surface area contributed by atoms with Gasteiger partial charge >= 0.3 is 0 Å². The molecule has 19 heavy (non-hydrogen) atoms. The second-order valence-electron chi connectivity index (χ2n) is 4.23. The zero-order valence-corrected chi connectivity index (χ0v) is 12.4. The van der Waals surface area contributed by atoms with Gasteiger partial charge in [0.2, 0.25) is 0 Å². The summed E-state index contributed by atoms with van der Waals surface area (Å²) in [5, 5.41) is 0. The molecule has 1 aromatic carbocycles. The van der Waals surface area contributed by atoms with Crippen LogP contribution in [0.2, 0.25) is 0 Å². The highest BCUT2D eigenvalue weighted by atomic mass is 79.9. The molecule has 1 heterocycles. The smallest absolute Gasteiger partial charge is 0.276 e. The van der Waals surface area contributed by atoms with Gasteiger partial charge in [-0.25, -0.2) is 0 Å². The minimum Gasteiger partial charge on any atom is -0.484 e. The number of ether oxygens (including phenoxy) is 1. The molecule has 2 rings (SSSR count). The molecule has 1 aromatic heterocycles. The molecular weight excluding hydrogens is 308 g/mol. The van der Waals surface area contributed by atoms with Crippen LogP contribution in [0.4, 0.5) is 0 Å². The van der Waals surface area contributed by atoms with Crippen LogP contribution in [0.3, 0.4) is 0 Å². The molecule has 0 aliphatic heterocycles. The third-order valence-electron chi connectivity index (χ3n) is 2.69. The van der Waals surface area contributed by atoms with Gasteiger partial charge in [-0.05, 0) is 50.2 Å². The van der Waals surface area contributed by atoms with Crippen LogP contribution in [0.1, 0.15) is 11.4 Å². The Kier molecular flexibility index (Phi) is 4.27. The topological polar surface area (TPSA) is 43.3 Å². The zero-order chi connectivity index (χ0) is 13.8. The second kappa shape index (κ2) is 5.93. The summed E-state index contributed by atoms with van der Waals surface area (Å²) in [7, 11) is 0. The number of aromatic nitrogens is 1. The number of nitrogens with zero attached hydrogens (tertiary/aromatic N) is 1.